The number of ether oxygens (including phenoxy) is 2. The summed E-state index contributed by atoms with van der Waals surface area (Å²) in [5.74, 6) is -0.789. The third kappa shape index (κ3) is 3.28. The predicted octanol–water partition coefficient (Wildman–Crippen LogP) is 1.62. The van der Waals surface area contributed by atoms with Gasteiger partial charge in [0, 0.05) is 6.92 Å². The SMILES string of the molecule is CCOC(=O)c1cc(C(C)=O)nn(-c2ccccc2OC)c1=O. The molecule has 0 radical (unpaired) electrons. The Kier molecular flexibility index (Phi) is 4.90. The van der Waals surface area contributed by atoms with Gasteiger partial charge < -0.3 is 9.47 Å². The monoisotopic (exact) mass is 316 g/mol. The van der Waals surface area contributed by atoms with E-state index >= 15 is 0 Å². The number of ketones is 1. The number of esters is 1. The summed E-state index contributed by atoms with van der Waals surface area (Å²) >= 11 is 0. The highest BCUT2D eigenvalue weighted by atomic mass is 16.5. The maximum absolute atomic E-state index is 12.6. The van der Waals surface area contributed by atoms with Crippen LogP contribution in [0.2, 0.25) is 0 Å². The van der Waals surface area contributed by atoms with Crippen LogP contribution in [0.3, 0.4) is 0 Å². The van der Waals surface area contributed by atoms with Crippen LogP contribution in [0.15, 0.2) is 35.1 Å². The molecule has 1 aromatic heterocycles. The summed E-state index contributed by atoms with van der Waals surface area (Å²) in [6.45, 7) is 3.04. The Labute approximate surface area is 132 Å². The van der Waals surface area contributed by atoms with Crippen molar-refractivity contribution < 1.29 is 19.1 Å². The summed E-state index contributed by atoms with van der Waals surface area (Å²) in [5.41, 5.74) is -0.622. The molecule has 2 aromatic rings. The van der Waals surface area contributed by atoms with Crippen molar-refractivity contribution in [3.05, 3.63) is 51.9 Å². The van der Waals surface area contributed by atoms with Crippen LogP contribution in [0.4, 0.5) is 0 Å². The van der Waals surface area contributed by atoms with Crippen molar-refractivity contribution in [3.8, 4) is 11.4 Å². The Bertz CT molecular complexity index is 810. The lowest BCUT2D eigenvalue weighted by molar-refractivity contribution is 0.0523. The van der Waals surface area contributed by atoms with Gasteiger partial charge in [0.1, 0.15) is 22.7 Å². The fourth-order valence-electron chi connectivity index (χ4n) is 1.99. The Morgan fingerprint density at radius 1 is 1.26 bits per heavy atom. The molecule has 0 spiro atoms. The number of methoxy groups -OCH3 is 1. The largest absolute Gasteiger partial charge is 0.494 e. The quantitative estimate of drug-likeness (QED) is 0.615. The molecular weight excluding hydrogens is 300 g/mol. The number of nitrogens with zero attached hydrogens (tertiary/aromatic N) is 2. The molecule has 7 heteroatoms. The molecule has 7 nitrogen and oxygen atoms in total. The first kappa shape index (κ1) is 16.4. The molecule has 0 saturated carbocycles. The van der Waals surface area contributed by atoms with Gasteiger partial charge in [0.15, 0.2) is 5.78 Å². The Balaban J connectivity index is 2.75. The second-order valence-electron chi connectivity index (χ2n) is 4.61. The standard InChI is InChI=1S/C16H16N2O5/c1-4-23-16(21)11-9-12(10(2)19)17-18(15(11)20)13-7-5-6-8-14(13)22-3/h5-9H,4H2,1-3H3. The molecule has 0 unspecified atom stereocenters. The number of para-hydroxylation sites is 2. The number of hydrogen-bond acceptors (Lipinski definition) is 6. The van der Waals surface area contributed by atoms with Gasteiger partial charge in [-0.3, -0.25) is 9.59 Å². The number of rotatable bonds is 5. The van der Waals surface area contributed by atoms with Crippen LogP contribution in [-0.4, -0.2) is 35.2 Å². The molecule has 1 heterocycles. The minimum Gasteiger partial charge on any atom is -0.494 e. The average molecular weight is 316 g/mol. The maximum atomic E-state index is 12.6. The number of carbonyl (C=O) groups is 2. The fraction of sp³-hybridized carbons (Fsp3) is 0.250. The molecule has 0 amide bonds. The molecule has 0 bridgehead atoms. The molecule has 0 aliphatic carbocycles. The van der Waals surface area contributed by atoms with Crippen molar-refractivity contribution >= 4 is 11.8 Å². The zero-order chi connectivity index (χ0) is 17.0. The highest BCUT2D eigenvalue weighted by Crippen LogP contribution is 2.20. The Morgan fingerprint density at radius 3 is 2.57 bits per heavy atom. The predicted molar refractivity (Wildman–Crippen MR) is 82.3 cm³/mol. The Morgan fingerprint density at radius 2 is 1.96 bits per heavy atom. The van der Waals surface area contributed by atoms with Gasteiger partial charge in [-0.05, 0) is 25.1 Å². The zero-order valence-corrected chi connectivity index (χ0v) is 13.0. The highest BCUT2D eigenvalue weighted by molar-refractivity contribution is 5.96. The number of benzene rings is 1. The number of carbonyl (C=O) groups excluding carboxylic acids is 2. The van der Waals surface area contributed by atoms with Gasteiger partial charge in [0.05, 0.1) is 13.7 Å². The zero-order valence-electron chi connectivity index (χ0n) is 13.0. The van der Waals surface area contributed by atoms with E-state index in [1.54, 1.807) is 31.2 Å². The molecule has 2 rings (SSSR count). The summed E-state index contributed by atoms with van der Waals surface area (Å²) in [4.78, 5) is 36.2. The van der Waals surface area contributed by atoms with Crippen molar-refractivity contribution in [1.29, 1.82) is 0 Å². The fourth-order valence-corrected chi connectivity index (χ4v) is 1.99. The molecule has 0 N–H and O–H groups in total. The van der Waals surface area contributed by atoms with E-state index in [0.29, 0.717) is 11.4 Å². The molecule has 0 fully saturated rings. The van der Waals surface area contributed by atoms with Crippen molar-refractivity contribution in [1.82, 2.24) is 9.78 Å². The first-order valence-corrected chi connectivity index (χ1v) is 6.95. The van der Waals surface area contributed by atoms with Gasteiger partial charge in [0.25, 0.3) is 5.56 Å². The Hall–Kier alpha value is -2.96. The van der Waals surface area contributed by atoms with Crippen LogP contribution in [0.5, 0.6) is 5.75 Å². The van der Waals surface area contributed by atoms with E-state index in [-0.39, 0.29) is 23.6 Å². The smallest absolute Gasteiger partial charge is 0.343 e. The minimum atomic E-state index is -0.800. The second-order valence-corrected chi connectivity index (χ2v) is 4.61. The van der Waals surface area contributed by atoms with Crippen LogP contribution >= 0.6 is 0 Å². The first-order valence-electron chi connectivity index (χ1n) is 6.95. The summed E-state index contributed by atoms with van der Waals surface area (Å²) in [7, 11) is 1.45. The van der Waals surface area contributed by atoms with Crippen molar-refractivity contribution in [2.24, 2.45) is 0 Å². The van der Waals surface area contributed by atoms with Crippen LogP contribution in [0.25, 0.3) is 5.69 Å². The van der Waals surface area contributed by atoms with Gasteiger partial charge >= 0.3 is 5.97 Å². The third-order valence-corrected chi connectivity index (χ3v) is 3.08. The lowest BCUT2D eigenvalue weighted by Gasteiger charge is -2.12. The van der Waals surface area contributed by atoms with Crippen LogP contribution in [0, 0.1) is 0 Å². The van der Waals surface area contributed by atoms with E-state index in [0.717, 1.165) is 10.7 Å². The number of Topliss-reactive ketones (excluding diaryl/α,β-unsaturated/α-hetero) is 1. The molecule has 0 atom stereocenters. The summed E-state index contributed by atoms with van der Waals surface area (Å²) in [6, 6.07) is 7.82. The van der Waals surface area contributed by atoms with Gasteiger partial charge in [-0.2, -0.15) is 9.78 Å². The van der Waals surface area contributed by atoms with Gasteiger partial charge in [-0.1, -0.05) is 12.1 Å². The van der Waals surface area contributed by atoms with E-state index in [9.17, 15) is 14.4 Å². The van der Waals surface area contributed by atoms with Crippen LogP contribution < -0.4 is 10.3 Å². The lowest BCUT2D eigenvalue weighted by atomic mass is 10.2. The molecule has 0 aliphatic heterocycles. The minimum absolute atomic E-state index is 0.0152. The molecule has 1 aromatic carbocycles. The van der Waals surface area contributed by atoms with E-state index in [2.05, 4.69) is 5.10 Å². The van der Waals surface area contributed by atoms with Crippen molar-refractivity contribution in [2.45, 2.75) is 13.8 Å². The van der Waals surface area contributed by atoms with Gasteiger partial charge in [-0.15, -0.1) is 0 Å². The van der Waals surface area contributed by atoms with Gasteiger partial charge in [-0.25, -0.2) is 4.79 Å². The molecular formula is C16H16N2O5. The van der Waals surface area contributed by atoms with Crippen LogP contribution in [-0.2, 0) is 4.74 Å². The van der Waals surface area contributed by atoms with Gasteiger partial charge in [0.2, 0.25) is 0 Å². The van der Waals surface area contributed by atoms with Crippen molar-refractivity contribution in [2.75, 3.05) is 13.7 Å². The summed E-state index contributed by atoms with van der Waals surface area (Å²) < 4.78 is 11.0. The normalized spacial score (nSPS) is 10.2. The second kappa shape index (κ2) is 6.87. The third-order valence-electron chi connectivity index (χ3n) is 3.08. The molecule has 23 heavy (non-hydrogen) atoms. The average Bonchev–Trinajstić information content (AvgIpc) is 2.55. The van der Waals surface area contributed by atoms with Crippen LogP contribution in [0.1, 0.15) is 34.7 Å². The number of hydrogen-bond donors (Lipinski definition) is 0. The molecule has 0 aliphatic rings. The van der Waals surface area contributed by atoms with E-state index in [4.69, 9.17) is 9.47 Å². The summed E-state index contributed by atoms with van der Waals surface area (Å²) in [6.07, 6.45) is 0. The van der Waals surface area contributed by atoms with E-state index in [1.807, 2.05) is 0 Å². The topological polar surface area (TPSA) is 87.5 Å². The van der Waals surface area contributed by atoms with E-state index in [1.165, 1.54) is 14.0 Å². The number of aromatic nitrogens is 2. The van der Waals surface area contributed by atoms with Crippen molar-refractivity contribution in [3.63, 3.8) is 0 Å². The van der Waals surface area contributed by atoms with E-state index < -0.39 is 11.5 Å². The molecule has 0 saturated heterocycles. The molecule has 120 valence electrons. The lowest BCUT2D eigenvalue weighted by Crippen LogP contribution is -2.30. The highest BCUT2D eigenvalue weighted by Gasteiger charge is 2.20. The summed E-state index contributed by atoms with van der Waals surface area (Å²) in [5, 5.41) is 4.02. The maximum Gasteiger partial charge on any atom is 0.343 e. The first-order chi connectivity index (χ1) is 11.0.